The van der Waals surface area contributed by atoms with Crippen molar-refractivity contribution in [1.82, 2.24) is 4.57 Å². The van der Waals surface area contributed by atoms with Gasteiger partial charge in [0.05, 0.1) is 5.52 Å². The van der Waals surface area contributed by atoms with Gasteiger partial charge in [-0.3, -0.25) is 4.79 Å². The number of pyridine rings is 1. The van der Waals surface area contributed by atoms with E-state index in [2.05, 4.69) is 0 Å². The monoisotopic (exact) mass is 177 g/mol. The smallest absolute Gasteiger partial charge is 0.189 e. The predicted octanol–water partition coefficient (Wildman–Crippen LogP) is 1.68. The molecule has 0 atom stereocenters. The Bertz CT molecular complexity index is 516. The third-order valence-corrected chi connectivity index (χ3v) is 2.05. The Hall–Kier alpha value is -1.64. The van der Waals surface area contributed by atoms with E-state index in [-0.39, 0.29) is 11.2 Å². The van der Waals surface area contributed by atoms with Gasteiger partial charge >= 0.3 is 0 Å². The van der Waals surface area contributed by atoms with E-state index < -0.39 is 0 Å². The van der Waals surface area contributed by atoms with Gasteiger partial charge in [0.15, 0.2) is 5.43 Å². The third-order valence-electron chi connectivity index (χ3n) is 2.05. The second-order valence-electron chi connectivity index (χ2n) is 2.95. The Morgan fingerprint density at radius 2 is 2.08 bits per heavy atom. The van der Waals surface area contributed by atoms with Crippen LogP contribution in [-0.4, -0.2) is 4.57 Å². The lowest BCUT2D eigenvalue weighted by Crippen LogP contribution is -2.04. The molecule has 2 nitrogen and oxygen atoms in total. The molecule has 0 aliphatic carbocycles. The molecule has 0 bridgehead atoms. The normalized spacial score (nSPS) is 10.6. The second-order valence-corrected chi connectivity index (χ2v) is 2.95. The largest absolute Gasteiger partial charge is 0.350 e. The van der Waals surface area contributed by atoms with Crippen molar-refractivity contribution in [2.75, 3.05) is 0 Å². The quantitative estimate of drug-likeness (QED) is 0.600. The highest BCUT2D eigenvalue weighted by molar-refractivity contribution is 5.78. The van der Waals surface area contributed by atoms with Crippen LogP contribution < -0.4 is 5.43 Å². The van der Waals surface area contributed by atoms with Crippen LogP contribution in [0.1, 0.15) is 0 Å². The molecule has 1 aromatic carbocycles. The summed E-state index contributed by atoms with van der Waals surface area (Å²) in [5.41, 5.74) is 0.542. The van der Waals surface area contributed by atoms with Gasteiger partial charge in [0.1, 0.15) is 5.82 Å². The standard InChI is InChI=1S/C10H8FNO/c1-12-5-4-10(13)8-3-2-7(11)6-9(8)12/h2-6H,1H3. The van der Waals surface area contributed by atoms with Crippen molar-refractivity contribution in [2.45, 2.75) is 0 Å². The van der Waals surface area contributed by atoms with E-state index >= 15 is 0 Å². The molecule has 2 aromatic rings. The molecular formula is C10H8FNO. The van der Waals surface area contributed by atoms with Crippen LogP contribution in [0.25, 0.3) is 10.9 Å². The minimum atomic E-state index is -0.325. The lowest BCUT2D eigenvalue weighted by Gasteiger charge is -2.03. The first-order valence-corrected chi connectivity index (χ1v) is 3.93. The molecule has 66 valence electrons. The summed E-state index contributed by atoms with van der Waals surface area (Å²) in [5, 5.41) is 0.548. The van der Waals surface area contributed by atoms with Crippen LogP contribution in [0.3, 0.4) is 0 Å². The molecule has 1 heterocycles. The number of hydrogen-bond donors (Lipinski definition) is 0. The molecule has 0 saturated carbocycles. The van der Waals surface area contributed by atoms with Crippen LogP contribution in [0.15, 0.2) is 35.3 Å². The van der Waals surface area contributed by atoms with E-state index in [0.29, 0.717) is 10.9 Å². The van der Waals surface area contributed by atoms with Gasteiger partial charge in [-0.15, -0.1) is 0 Å². The van der Waals surface area contributed by atoms with Gasteiger partial charge in [0.2, 0.25) is 0 Å². The van der Waals surface area contributed by atoms with Crippen LogP contribution >= 0.6 is 0 Å². The van der Waals surface area contributed by atoms with Gasteiger partial charge in [0, 0.05) is 24.7 Å². The Balaban J connectivity index is 3.01. The first-order valence-electron chi connectivity index (χ1n) is 3.93. The molecule has 0 radical (unpaired) electrons. The lowest BCUT2D eigenvalue weighted by atomic mass is 10.2. The molecule has 2 rings (SSSR count). The topological polar surface area (TPSA) is 22.0 Å². The first-order chi connectivity index (χ1) is 6.18. The minimum Gasteiger partial charge on any atom is -0.350 e. The maximum absolute atomic E-state index is 12.8. The van der Waals surface area contributed by atoms with E-state index in [1.54, 1.807) is 17.8 Å². The summed E-state index contributed by atoms with van der Waals surface area (Å²) in [6, 6.07) is 5.63. The van der Waals surface area contributed by atoms with Crippen LogP contribution in [-0.2, 0) is 7.05 Å². The van der Waals surface area contributed by atoms with Crippen molar-refractivity contribution >= 4 is 10.9 Å². The molecule has 0 unspecified atom stereocenters. The fourth-order valence-corrected chi connectivity index (χ4v) is 1.35. The summed E-state index contributed by atoms with van der Waals surface area (Å²) in [7, 11) is 1.78. The van der Waals surface area contributed by atoms with Crippen molar-refractivity contribution in [2.24, 2.45) is 7.05 Å². The Morgan fingerprint density at radius 1 is 1.31 bits per heavy atom. The van der Waals surface area contributed by atoms with Gasteiger partial charge < -0.3 is 4.57 Å². The number of benzene rings is 1. The molecule has 0 N–H and O–H groups in total. The average molecular weight is 177 g/mol. The SMILES string of the molecule is Cn1ccc(=O)c2ccc(F)cc21. The summed E-state index contributed by atoms with van der Waals surface area (Å²) in [5.74, 6) is -0.325. The summed E-state index contributed by atoms with van der Waals surface area (Å²) in [6.45, 7) is 0. The molecule has 0 saturated heterocycles. The zero-order valence-electron chi connectivity index (χ0n) is 7.12. The molecule has 0 amide bonds. The first kappa shape index (κ1) is 7.98. The molecule has 1 aromatic heterocycles. The molecule has 0 spiro atoms. The van der Waals surface area contributed by atoms with Gasteiger partial charge in [-0.05, 0) is 18.2 Å². The molecule has 0 fully saturated rings. The second kappa shape index (κ2) is 2.69. The molecule has 3 heteroatoms. The fraction of sp³-hybridized carbons (Fsp3) is 0.100. The summed E-state index contributed by atoms with van der Waals surface area (Å²) < 4.78 is 14.6. The van der Waals surface area contributed by atoms with E-state index in [1.807, 2.05) is 0 Å². The summed E-state index contributed by atoms with van der Waals surface area (Å²) in [4.78, 5) is 11.3. The maximum Gasteiger partial charge on any atom is 0.189 e. The van der Waals surface area contributed by atoms with Crippen molar-refractivity contribution in [3.8, 4) is 0 Å². The fourth-order valence-electron chi connectivity index (χ4n) is 1.35. The lowest BCUT2D eigenvalue weighted by molar-refractivity contribution is 0.628. The van der Waals surface area contributed by atoms with Crippen LogP contribution in [0, 0.1) is 5.82 Å². The van der Waals surface area contributed by atoms with Gasteiger partial charge in [-0.1, -0.05) is 0 Å². The van der Waals surface area contributed by atoms with Crippen molar-refractivity contribution in [3.05, 3.63) is 46.5 Å². The predicted molar refractivity (Wildman–Crippen MR) is 49.1 cm³/mol. The number of hydrogen-bond acceptors (Lipinski definition) is 1. The summed E-state index contributed by atoms with van der Waals surface area (Å²) in [6.07, 6.45) is 1.63. The van der Waals surface area contributed by atoms with Crippen LogP contribution in [0.4, 0.5) is 4.39 Å². The number of aryl methyl sites for hydroxylation is 1. The zero-order valence-corrected chi connectivity index (χ0v) is 7.12. The van der Waals surface area contributed by atoms with E-state index in [9.17, 15) is 9.18 Å². The number of halogens is 1. The summed E-state index contributed by atoms with van der Waals surface area (Å²) >= 11 is 0. The van der Waals surface area contributed by atoms with Gasteiger partial charge in [-0.2, -0.15) is 0 Å². The Morgan fingerprint density at radius 3 is 2.85 bits per heavy atom. The van der Waals surface area contributed by atoms with Crippen molar-refractivity contribution in [3.63, 3.8) is 0 Å². The van der Waals surface area contributed by atoms with E-state index in [4.69, 9.17) is 0 Å². The number of aromatic nitrogens is 1. The number of fused-ring (bicyclic) bond motifs is 1. The van der Waals surface area contributed by atoms with Crippen LogP contribution in [0.5, 0.6) is 0 Å². The zero-order chi connectivity index (χ0) is 9.42. The molecule has 13 heavy (non-hydrogen) atoms. The molecule has 0 aliphatic heterocycles. The van der Waals surface area contributed by atoms with Gasteiger partial charge in [-0.25, -0.2) is 4.39 Å². The number of rotatable bonds is 0. The number of nitrogens with zero attached hydrogens (tertiary/aromatic N) is 1. The minimum absolute atomic E-state index is 0.0758. The maximum atomic E-state index is 12.8. The van der Waals surface area contributed by atoms with Crippen LogP contribution in [0.2, 0.25) is 0 Å². The molecular weight excluding hydrogens is 169 g/mol. The van der Waals surface area contributed by atoms with Crippen molar-refractivity contribution in [1.29, 1.82) is 0 Å². The van der Waals surface area contributed by atoms with Gasteiger partial charge in [0.25, 0.3) is 0 Å². The highest BCUT2D eigenvalue weighted by Gasteiger charge is 2.00. The molecule has 0 aliphatic rings. The Kier molecular flexibility index (Phi) is 1.65. The highest BCUT2D eigenvalue weighted by Crippen LogP contribution is 2.10. The average Bonchev–Trinajstić information content (AvgIpc) is 2.12. The third kappa shape index (κ3) is 1.22. The Labute approximate surface area is 74.2 Å². The highest BCUT2D eigenvalue weighted by atomic mass is 19.1. The van der Waals surface area contributed by atoms with E-state index in [1.165, 1.54) is 24.3 Å². The van der Waals surface area contributed by atoms with Crippen molar-refractivity contribution < 1.29 is 4.39 Å². The van der Waals surface area contributed by atoms with E-state index in [0.717, 1.165) is 0 Å².